The van der Waals surface area contributed by atoms with E-state index in [0.717, 1.165) is 25.2 Å². The van der Waals surface area contributed by atoms with Gasteiger partial charge in [-0.15, -0.1) is 0 Å². The standard InChI is InChI=1S/C16H29N3/c1-19-14-6-7-15(19)11-16(10-14,12-17)18-9-8-13-4-2-3-5-13/h4,14-15,18H,2-3,5-12,17H2,1H3. The SMILES string of the molecule is CN1C2CCC1CC(CN)(NCCC1=CCCC1)C2. The second kappa shape index (κ2) is 5.55. The van der Waals surface area contributed by atoms with E-state index in [2.05, 4.69) is 23.3 Å². The average Bonchev–Trinajstić information content (AvgIpc) is 2.98. The van der Waals surface area contributed by atoms with E-state index < -0.39 is 0 Å². The topological polar surface area (TPSA) is 41.3 Å². The Kier molecular flexibility index (Phi) is 3.97. The Labute approximate surface area is 117 Å². The molecule has 2 fully saturated rings. The van der Waals surface area contributed by atoms with Gasteiger partial charge in [-0.25, -0.2) is 0 Å². The van der Waals surface area contributed by atoms with Crippen molar-refractivity contribution in [1.82, 2.24) is 10.2 Å². The van der Waals surface area contributed by atoms with Crippen LogP contribution in [0.4, 0.5) is 0 Å². The van der Waals surface area contributed by atoms with Crippen molar-refractivity contribution in [1.29, 1.82) is 0 Å². The molecule has 3 rings (SSSR count). The Morgan fingerprint density at radius 2 is 2.11 bits per heavy atom. The highest BCUT2D eigenvalue weighted by Gasteiger charge is 2.45. The van der Waals surface area contributed by atoms with Crippen LogP contribution in [0.1, 0.15) is 51.4 Å². The van der Waals surface area contributed by atoms with Crippen LogP contribution in [-0.4, -0.2) is 42.7 Å². The van der Waals surface area contributed by atoms with Gasteiger partial charge in [0.1, 0.15) is 0 Å². The van der Waals surface area contributed by atoms with Gasteiger partial charge in [-0.05, 0) is 65.0 Å². The summed E-state index contributed by atoms with van der Waals surface area (Å²) in [5.41, 5.74) is 8.02. The number of hydrogen-bond acceptors (Lipinski definition) is 3. The van der Waals surface area contributed by atoms with Gasteiger partial charge in [0, 0.05) is 24.2 Å². The smallest absolute Gasteiger partial charge is 0.0333 e. The van der Waals surface area contributed by atoms with Crippen molar-refractivity contribution in [2.75, 3.05) is 20.1 Å². The predicted molar refractivity (Wildman–Crippen MR) is 80.1 cm³/mol. The fraction of sp³-hybridized carbons (Fsp3) is 0.875. The zero-order valence-corrected chi connectivity index (χ0v) is 12.3. The highest BCUT2D eigenvalue weighted by molar-refractivity contribution is 5.09. The molecule has 2 bridgehead atoms. The first-order valence-corrected chi connectivity index (χ1v) is 8.07. The molecule has 2 atom stereocenters. The van der Waals surface area contributed by atoms with Crippen molar-refractivity contribution in [2.24, 2.45) is 5.73 Å². The second-order valence-corrected chi connectivity index (χ2v) is 6.87. The lowest BCUT2D eigenvalue weighted by Crippen LogP contribution is -2.60. The molecule has 2 heterocycles. The van der Waals surface area contributed by atoms with Gasteiger partial charge in [0.05, 0.1) is 0 Å². The first-order valence-electron chi connectivity index (χ1n) is 8.07. The van der Waals surface area contributed by atoms with E-state index in [0.29, 0.717) is 0 Å². The van der Waals surface area contributed by atoms with Crippen molar-refractivity contribution < 1.29 is 0 Å². The molecule has 0 aromatic carbocycles. The summed E-state index contributed by atoms with van der Waals surface area (Å²) in [5.74, 6) is 0. The van der Waals surface area contributed by atoms with Crippen molar-refractivity contribution >= 4 is 0 Å². The van der Waals surface area contributed by atoms with Gasteiger partial charge < -0.3 is 16.0 Å². The lowest BCUT2D eigenvalue weighted by Gasteiger charge is -2.45. The fourth-order valence-corrected chi connectivity index (χ4v) is 4.40. The van der Waals surface area contributed by atoms with Gasteiger partial charge in [0.15, 0.2) is 0 Å². The maximum atomic E-state index is 6.13. The van der Waals surface area contributed by atoms with Crippen LogP contribution >= 0.6 is 0 Å². The molecular weight excluding hydrogens is 234 g/mol. The van der Waals surface area contributed by atoms with E-state index >= 15 is 0 Å². The molecule has 1 aliphatic carbocycles. The molecule has 3 nitrogen and oxygen atoms in total. The van der Waals surface area contributed by atoms with Crippen molar-refractivity contribution in [3.63, 3.8) is 0 Å². The van der Waals surface area contributed by atoms with Crippen LogP contribution in [0, 0.1) is 0 Å². The maximum absolute atomic E-state index is 6.13. The van der Waals surface area contributed by atoms with Crippen molar-refractivity contribution in [3.8, 4) is 0 Å². The monoisotopic (exact) mass is 263 g/mol. The van der Waals surface area contributed by atoms with E-state index in [1.807, 2.05) is 0 Å². The van der Waals surface area contributed by atoms with Gasteiger partial charge >= 0.3 is 0 Å². The Hall–Kier alpha value is -0.380. The largest absolute Gasteiger partial charge is 0.329 e. The molecule has 2 saturated heterocycles. The summed E-state index contributed by atoms with van der Waals surface area (Å²) in [5, 5.41) is 3.84. The van der Waals surface area contributed by atoms with E-state index in [9.17, 15) is 0 Å². The molecule has 3 aliphatic rings. The minimum atomic E-state index is 0.220. The third-order valence-corrected chi connectivity index (χ3v) is 5.71. The molecule has 0 spiro atoms. The molecule has 0 radical (unpaired) electrons. The van der Waals surface area contributed by atoms with Crippen LogP contribution in [0.3, 0.4) is 0 Å². The number of nitrogens with zero attached hydrogens (tertiary/aromatic N) is 1. The Balaban J connectivity index is 1.55. The number of hydrogen-bond donors (Lipinski definition) is 2. The molecule has 2 unspecified atom stereocenters. The number of rotatable bonds is 5. The summed E-state index contributed by atoms with van der Waals surface area (Å²) in [6.07, 6.45) is 12.9. The van der Waals surface area contributed by atoms with Gasteiger partial charge in [-0.3, -0.25) is 0 Å². The zero-order valence-electron chi connectivity index (χ0n) is 12.3. The number of fused-ring (bicyclic) bond motifs is 2. The minimum absolute atomic E-state index is 0.220. The zero-order chi connectivity index (χ0) is 13.3. The molecule has 19 heavy (non-hydrogen) atoms. The van der Waals surface area contributed by atoms with Crippen LogP contribution < -0.4 is 11.1 Å². The molecule has 3 heteroatoms. The third-order valence-electron chi connectivity index (χ3n) is 5.71. The van der Waals surface area contributed by atoms with Crippen LogP contribution in [0.25, 0.3) is 0 Å². The number of nitrogens with one attached hydrogen (secondary N) is 1. The fourth-order valence-electron chi connectivity index (χ4n) is 4.40. The second-order valence-electron chi connectivity index (χ2n) is 6.87. The summed E-state index contributed by atoms with van der Waals surface area (Å²) in [6.45, 7) is 1.92. The maximum Gasteiger partial charge on any atom is 0.0333 e. The normalized spacial score (nSPS) is 38.7. The number of nitrogens with two attached hydrogens (primary N) is 1. The minimum Gasteiger partial charge on any atom is -0.329 e. The predicted octanol–water partition coefficient (Wildman–Crippen LogP) is 2.03. The van der Waals surface area contributed by atoms with Crippen molar-refractivity contribution in [3.05, 3.63) is 11.6 Å². The Bertz CT molecular complexity index is 336. The molecule has 0 saturated carbocycles. The molecule has 0 aromatic heterocycles. The molecular formula is C16H29N3. The quantitative estimate of drug-likeness (QED) is 0.746. The van der Waals surface area contributed by atoms with Crippen molar-refractivity contribution in [2.45, 2.75) is 69.0 Å². The summed E-state index contributed by atoms with van der Waals surface area (Å²) >= 11 is 0. The molecule has 0 aromatic rings. The number of piperidine rings is 1. The first-order chi connectivity index (χ1) is 9.22. The van der Waals surface area contributed by atoms with E-state index in [4.69, 9.17) is 5.73 Å². The summed E-state index contributed by atoms with van der Waals surface area (Å²) in [7, 11) is 2.30. The van der Waals surface area contributed by atoms with Crippen LogP contribution in [-0.2, 0) is 0 Å². The summed E-state index contributed by atoms with van der Waals surface area (Å²) in [6, 6.07) is 1.53. The summed E-state index contributed by atoms with van der Waals surface area (Å²) in [4.78, 5) is 2.59. The lowest BCUT2D eigenvalue weighted by molar-refractivity contribution is 0.0949. The van der Waals surface area contributed by atoms with E-state index in [1.54, 1.807) is 5.57 Å². The first kappa shape index (κ1) is 13.6. The third kappa shape index (κ3) is 2.74. The molecule has 3 N–H and O–H groups in total. The molecule has 2 aliphatic heterocycles. The van der Waals surface area contributed by atoms with Gasteiger partial charge in [-0.1, -0.05) is 11.6 Å². The van der Waals surface area contributed by atoms with E-state index in [1.165, 1.54) is 51.4 Å². The highest BCUT2D eigenvalue weighted by Crippen LogP contribution is 2.39. The lowest BCUT2D eigenvalue weighted by atomic mass is 9.83. The van der Waals surface area contributed by atoms with Gasteiger partial charge in [0.25, 0.3) is 0 Å². The number of allylic oxidation sites excluding steroid dienone is 1. The molecule has 108 valence electrons. The Morgan fingerprint density at radius 1 is 1.37 bits per heavy atom. The van der Waals surface area contributed by atoms with Gasteiger partial charge in [0.2, 0.25) is 0 Å². The highest BCUT2D eigenvalue weighted by atomic mass is 15.2. The van der Waals surface area contributed by atoms with Crippen LogP contribution in [0.2, 0.25) is 0 Å². The van der Waals surface area contributed by atoms with Gasteiger partial charge in [-0.2, -0.15) is 0 Å². The Morgan fingerprint density at radius 3 is 2.68 bits per heavy atom. The summed E-state index contributed by atoms with van der Waals surface area (Å²) < 4.78 is 0. The molecule has 0 amide bonds. The van der Waals surface area contributed by atoms with Crippen LogP contribution in [0.5, 0.6) is 0 Å². The van der Waals surface area contributed by atoms with Crippen LogP contribution in [0.15, 0.2) is 11.6 Å². The average molecular weight is 263 g/mol. The van der Waals surface area contributed by atoms with E-state index in [-0.39, 0.29) is 5.54 Å².